The first-order valence-corrected chi connectivity index (χ1v) is 17.7. The highest BCUT2D eigenvalue weighted by Crippen LogP contribution is 2.44. The fraction of sp³-hybridized carbons (Fsp3) is 0.0204. The van der Waals surface area contributed by atoms with E-state index in [-0.39, 0.29) is 0 Å². The van der Waals surface area contributed by atoms with Crippen molar-refractivity contribution in [2.75, 3.05) is 0 Å². The third-order valence-electron chi connectivity index (χ3n) is 11.0. The molecule has 2 heterocycles. The van der Waals surface area contributed by atoms with Crippen LogP contribution in [0.25, 0.3) is 98.4 Å². The van der Waals surface area contributed by atoms with Crippen LogP contribution in [0.2, 0.25) is 0 Å². The Morgan fingerprint density at radius 1 is 0.314 bits per heavy atom. The first kappa shape index (κ1) is 28.2. The maximum atomic E-state index is 2.46. The molecule has 0 aliphatic heterocycles. The van der Waals surface area contributed by atoms with Gasteiger partial charge in [0.15, 0.2) is 0 Å². The van der Waals surface area contributed by atoms with E-state index in [1.54, 1.807) is 0 Å². The Morgan fingerprint density at radius 3 is 1.59 bits per heavy atom. The number of benzene rings is 9. The number of aromatic nitrogens is 2. The van der Waals surface area contributed by atoms with Crippen LogP contribution in [-0.2, 0) is 0 Å². The van der Waals surface area contributed by atoms with Crippen molar-refractivity contribution < 1.29 is 0 Å². The summed E-state index contributed by atoms with van der Waals surface area (Å²) in [5.41, 5.74) is 11.0. The van der Waals surface area contributed by atoms with Gasteiger partial charge in [-0.2, -0.15) is 0 Å². The van der Waals surface area contributed by atoms with E-state index in [1.165, 1.54) is 104 Å². The second kappa shape index (κ2) is 10.7. The average Bonchev–Trinajstić information content (AvgIpc) is 3.71. The summed E-state index contributed by atoms with van der Waals surface area (Å²) >= 11 is 0. The highest BCUT2D eigenvalue weighted by atomic mass is 15.0. The van der Waals surface area contributed by atoms with Crippen LogP contribution in [0.4, 0.5) is 0 Å². The van der Waals surface area contributed by atoms with E-state index in [0.29, 0.717) is 0 Å². The lowest BCUT2D eigenvalue weighted by Gasteiger charge is -2.17. The summed E-state index contributed by atoms with van der Waals surface area (Å²) in [6.45, 7) is 2.26. The third-order valence-corrected chi connectivity index (χ3v) is 11.0. The van der Waals surface area contributed by atoms with E-state index in [2.05, 4.69) is 192 Å². The van der Waals surface area contributed by atoms with Gasteiger partial charge in [-0.15, -0.1) is 0 Å². The lowest BCUT2D eigenvalue weighted by molar-refractivity contribution is 1.17. The fourth-order valence-electron chi connectivity index (χ4n) is 8.90. The predicted octanol–water partition coefficient (Wildman–Crippen LogP) is 13.3. The summed E-state index contributed by atoms with van der Waals surface area (Å²) in [6.07, 6.45) is 0. The molecule has 11 rings (SSSR count). The zero-order chi connectivity index (χ0) is 33.6. The monoisotopic (exact) mass is 648 g/mol. The van der Waals surface area contributed by atoms with E-state index < -0.39 is 0 Å². The normalized spacial score (nSPS) is 12.0. The smallest absolute Gasteiger partial charge is 0.0641 e. The first-order chi connectivity index (χ1) is 25.3. The quantitative estimate of drug-likeness (QED) is 0.169. The Balaban J connectivity index is 1.19. The van der Waals surface area contributed by atoms with Gasteiger partial charge in [0.1, 0.15) is 0 Å². The minimum absolute atomic E-state index is 1.17. The van der Waals surface area contributed by atoms with Gasteiger partial charge in [0, 0.05) is 32.9 Å². The summed E-state index contributed by atoms with van der Waals surface area (Å²) in [4.78, 5) is 0. The summed E-state index contributed by atoms with van der Waals surface area (Å²) in [5.74, 6) is 0. The number of hydrogen-bond acceptors (Lipinski definition) is 0. The number of rotatable bonds is 3. The molecule has 0 unspecified atom stereocenters. The summed E-state index contributed by atoms with van der Waals surface area (Å²) in [6, 6.07) is 64.6. The summed E-state index contributed by atoms with van der Waals surface area (Å²) in [7, 11) is 0. The highest BCUT2D eigenvalue weighted by Gasteiger charge is 2.21. The molecule has 0 saturated heterocycles. The molecule has 0 fully saturated rings. The molecule has 2 heteroatoms. The Morgan fingerprint density at radius 2 is 0.882 bits per heavy atom. The largest absolute Gasteiger partial charge is 0.309 e. The third kappa shape index (κ3) is 3.93. The Labute approximate surface area is 295 Å². The molecule has 0 spiro atoms. The van der Waals surface area contributed by atoms with E-state index in [9.17, 15) is 0 Å². The van der Waals surface area contributed by atoms with Crippen LogP contribution in [0.3, 0.4) is 0 Å². The molecule has 0 atom stereocenters. The van der Waals surface area contributed by atoms with Crippen LogP contribution in [0.5, 0.6) is 0 Å². The molecule has 0 radical (unpaired) electrons. The molecule has 0 aliphatic rings. The first-order valence-electron chi connectivity index (χ1n) is 17.7. The van der Waals surface area contributed by atoms with Crippen molar-refractivity contribution >= 4 is 75.9 Å². The van der Waals surface area contributed by atoms with Gasteiger partial charge in [0.2, 0.25) is 0 Å². The van der Waals surface area contributed by atoms with Crippen molar-refractivity contribution in [2.24, 2.45) is 0 Å². The van der Waals surface area contributed by atoms with Crippen molar-refractivity contribution in [3.05, 3.63) is 181 Å². The summed E-state index contributed by atoms with van der Waals surface area (Å²) in [5, 5.41) is 12.9. The van der Waals surface area contributed by atoms with E-state index in [1.807, 2.05) is 0 Å². The predicted molar refractivity (Wildman–Crippen MR) is 218 cm³/mol. The molecule has 9 aromatic carbocycles. The number of fused-ring (bicyclic) bond motifs is 13. The Bertz CT molecular complexity index is 3150. The molecular weight excluding hydrogens is 617 g/mol. The Kier molecular flexibility index (Phi) is 5.91. The van der Waals surface area contributed by atoms with Crippen molar-refractivity contribution in [3.8, 4) is 22.5 Å². The van der Waals surface area contributed by atoms with Crippen molar-refractivity contribution in [3.63, 3.8) is 0 Å². The van der Waals surface area contributed by atoms with Crippen molar-refractivity contribution in [1.29, 1.82) is 0 Å². The average molecular weight is 649 g/mol. The molecule has 238 valence electrons. The lowest BCUT2D eigenvalue weighted by atomic mass is 9.88. The van der Waals surface area contributed by atoms with Crippen LogP contribution in [0.15, 0.2) is 176 Å². The highest BCUT2D eigenvalue weighted by molar-refractivity contribution is 6.29. The zero-order valence-corrected chi connectivity index (χ0v) is 28.1. The maximum Gasteiger partial charge on any atom is 0.0641 e. The van der Waals surface area contributed by atoms with Crippen molar-refractivity contribution in [2.45, 2.75) is 6.92 Å². The number of para-hydroxylation sites is 3. The molecule has 0 N–H and O–H groups in total. The SMILES string of the molecule is Cc1cc(-n2c3ccccc3c3c2ccc2c4ccccc4n(-c4ccccc4)c23)ccc1-c1cccc2c3ccccc3c3ccccc3c12. The fourth-order valence-corrected chi connectivity index (χ4v) is 8.90. The second-order valence-electron chi connectivity index (χ2n) is 13.7. The topological polar surface area (TPSA) is 9.86 Å². The molecule has 0 aliphatic carbocycles. The van der Waals surface area contributed by atoms with Gasteiger partial charge < -0.3 is 9.13 Å². The van der Waals surface area contributed by atoms with Gasteiger partial charge in [-0.05, 0) is 98.4 Å². The van der Waals surface area contributed by atoms with E-state index in [4.69, 9.17) is 0 Å². The minimum Gasteiger partial charge on any atom is -0.309 e. The van der Waals surface area contributed by atoms with Crippen LogP contribution in [0.1, 0.15) is 5.56 Å². The van der Waals surface area contributed by atoms with Crippen LogP contribution < -0.4 is 0 Å². The molecule has 2 aromatic heterocycles. The number of hydrogen-bond donors (Lipinski definition) is 0. The van der Waals surface area contributed by atoms with Crippen molar-refractivity contribution in [1.82, 2.24) is 9.13 Å². The minimum atomic E-state index is 1.17. The maximum absolute atomic E-state index is 2.46. The van der Waals surface area contributed by atoms with Crippen LogP contribution >= 0.6 is 0 Å². The van der Waals surface area contributed by atoms with E-state index >= 15 is 0 Å². The molecule has 51 heavy (non-hydrogen) atoms. The van der Waals surface area contributed by atoms with Gasteiger partial charge in [0.05, 0.1) is 22.1 Å². The number of aryl methyl sites for hydroxylation is 1. The summed E-state index contributed by atoms with van der Waals surface area (Å²) < 4.78 is 4.91. The van der Waals surface area contributed by atoms with Gasteiger partial charge in [0.25, 0.3) is 0 Å². The standard InChI is InChI=1S/C49H32N2/c1-31-30-33(26-27-34(31)39-22-13-23-41-37-17-6-5-16-35(37)36-18-7-8-20-40(36)47(39)41)50-45-25-12-10-21-43(45)48-46(50)29-28-42-38-19-9-11-24-44(38)51(49(42)48)32-14-3-2-4-15-32/h2-30H,1H3. The van der Waals surface area contributed by atoms with Crippen LogP contribution in [-0.4, -0.2) is 9.13 Å². The van der Waals surface area contributed by atoms with Gasteiger partial charge in [-0.1, -0.05) is 133 Å². The van der Waals surface area contributed by atoms with Gasteiger partial charge in [-0.25, -0.2) is 0 Å². The molecule has 0 amide bonds. The molecule has 11 aromatic rings. The zero-order valence-electron chi connectivity index (χ0n) is 28.1. The molecular formula is C49H32N2. The lowest BCUT2D eigenvalue weighted by Crippen LogP contribution is -1.97. The van der Waals surface area contributed by atoms with Gasteiger partial charge in [-0.3, -0.25) is 0 Å². The number of nitrogens with zero attached hydrogens (tertiary/aromatic N) is 2. The Hall–Kier alpha value is -6.64. The van der Waals surface area contributed by atoms with Gasteiger partial charge >= 0.3 is 0 Å². The molecule has 0 saturated carbocycles. The molecule has 2 nitrogen and oxygen atoms in total. The van der Waals surface area contributed by atoms with Crippen LogP contribution in [0, 0.1) is 6.92 Å². The van der Waals surface area contributed by atoms with E-state index in [0.717, 1.165) is 0 Å². The molecule has 0 bridgehead atoms. The second-order valence-corrected chi connectivity index (χ2v) is 13.7.